The summed E-state index contributed by atoms with van der Waals surface area (Å²) in [4.78, 5) is 44.3. The lowest BCUT2D eigenvalue weighted by molar-refractivity contribution is -0.384. The second kappa shape index (κ2) is 7.51. The number of carbonyl (C=O) groups is 3. The number of non-ortho nitro benzene ring substituents is 1. The van der Waals surface area contributed by atoms with Crippen LogP contribution in [0.15, 0.2) is 24.3 Å². The first-order valence-electron chi connectivity index (χ1n) is 7.15. The average Bonchev–Trinajstić information content (AvgIpc) is 3.01. The lowest BCUT2D eigenvalue weighted by atomic mass is 10.1. The first-order chi connectivity index (χ1) is 11.4. The molecule has 1 aliphatic heterocycles. The molecule has 4 N–H and O–H groups in total. The molecular weight excluding hydrogens is 320 g/mol. The van der Waals surface area contributed by atoms with E-state index in [4.69, 9.17) is 5.11 Å². The van der Waals surface area contributed by atoms with Crippen LogP contribution in [-0.4, -0.2) is 53.0 Å². The summed E-state index contributed by atoms with van der Waals surface area (Å²) in [5.74, 6) is -1.97. The lowest BCUT2D eigenvalue weighted by Crippen LogP contribution is -2.42. The zero-order chi connectivity index (χ0) is 17.7. The van der Waals surface area contributed by atoms with Crippen LogP contribution < -0.4 is 16.0 Å². The Morgan fingerprint density at radius 1 is 1.29 bits per heavy atom. The SMILES string of the molecule is O=C(O)CNC(=O)[C@@H]1C[C@H](NC(=O)c2ccc([N+](=O)[O-])cc2)CN1. The maximum atomic E-state index is 12.1. The van der Waals surface area contributed by atoms with Gasteiger partial charge < -0.3 is 21.1 Å². The van der Waals surface area contributed by atoms with Crippen LogP contribution in [-0.2, 0) is 9.59 Å². The van der Waals surface area contributed by atoms with Crippen molar-refractivity contribution in [2.24, 2.45) is 0 Å². The van der Waals surface area contributed by atoms with Gasteiger partial charge in [-0.1, -0.05) is 0 Å². The summed E-state index contributed by atoms with van der Waals surface area (Å²) in [6.45, 7) is -0.0965. The minimum absolute atomic E-state index is 0.107. The van der Waals surface area contributed by atoms with Gasteiger partial charge in [0.15, 0.2) is 0 Å². The van der Waals surface area contributed by atoms with Crippen LogP contribution in [0.3, 0.4) is 0 Å². The predicted molar refractivity (Wildman–Crippen MR) is 81.4 cm³/mol. The third-order valence-electron chi connectivity index (χ3n) is 3.54. The molecular formula is C14H16N4O6. The molecule has 0 radical (unpaired) electrons. The molecule has 1 fully saturated rings. The van der Waals surface area contributed by atoms with Crippen LogP contribution in [0.4, 0.5) is 5.69 Å². The number of benzene rings is 1. The largest absolute Gasteiger partial charge is 0.480 e. The first-order valence-corrected chi connectivity index (χ1v) is 7.15. The zero-order valence-electron chi connectivity index (χ0n) is 12.5. The number of nitro benzene ring substituents is 1. The van der Waals surface area contributed by atoms with Crippen molar-refractivity contribution in [3.05, 3.63) is 39.9 Å². The number of hydrogen-bond acceptors (Lipinski definition) is 6. The molecule has 0 unspecified atom stereocenters. The quantitative estimate of drug-likeness (QED) is 0.394. The van der Waals surface area contributed by atoms with Crippen molar-refractivity contribution in [1.82, 2.24) is 16.0 Å². The van der Waals surface area contributed by atoms with Crippen molar-refractivity contribution in [3.63, 3.8) is 0 Å². The Bertz CT molecular complexity index is 660. The minimum Gasteiger partial charge on any atom is -0.480 e. The fraction of sp³-hybridized carbons (Fsp3) is 0.357. The van der Waals surface area contributed by atoms with Crippen LogP contribution in [0, 0.1) is 10.1 Å². The van der Waals surface area contributed by atoms with Gasteiger partial charge in [0.25, 0.3) is 11.6 Å². The van der Waals surface area contributed by atoms with Gasteiger partial charge >= 0.3 is 5.97 Å². The average molecular weight is 336 g/mol. The summed E-state index contributed by atoms with van der Waals surface area (Å²) < 4.78 is 0. The molecule has 0 spiro atoms. The van der Waals surface area contributed by atoms with Crippen molar-refractivity contribution >= 4 is 23.5 Å². The van der Waals surface area contributed by atoms with E-state index in [9.17, 15) is 24.5 Å². The summed E-state index contributed by atoms with van der Waals surface area (Å²) in [5.41, 5.74) is 0.170. The van der Waals surface area contributed by atoms with Crippen molar-refractivity contribution in [3.8, 4) is 0 Å². The Hall–Kier alpha value is -3.01. The highest BCUT2D eigenvalue weighted by molar-refractivity contribution is 5.94. The minimum atomic E-state index is -1.13. The Morgan fingerprint density at radius 3 is 2.54 bits per heavy atom. The van der Waals surface area contributed by atoms with Gasteiger partial charge in [-0.2, -0.15) is 0 Å². The Balaban J connectivity index is 1.86. The Labute approximate surface area is 136 Å². The molecule has 1 aromatic carbocycles. The maximum absolute atomic E-state index is 12.1. The number of carbonyl (C=O) groups excluding carboxylic acids is 2. The smallest absolute Gasteiger partial charge is 0.322 e. The standard InChI is InChI=1S/C14H16N4O6/c19-12(20)7-16-14(22)11-5-9(6-15-11)17-13(21)8-1-3-10(4-2-8)18(23)24/h1-4,9,11,15H,5-7H2,(H,16,22)(H,17,21)(H,19,20)/t9-,11-/m0/s1. The van der Waals surface area contributed by atoms with Gasteiger partial charge in [-0.25, -0.2) is 0 Å². The summed E-state index contributed by atoms with van der Waals surface area (Å²) >= 11 is 0. The number of nitro groups is 1. The number of hydrogen-bond donors (Lipinski definition) is 4. The van der Waals surface area contributed by atoms with Crippen LogP contribution in [0.5, 0.6) is 0 Å². The van der Waals surface area contributed by atoms with Crippen LogP contribution >= 0.6 is 0 Å². The number of amides is 2. The molecule has 0 bridgehead atoms. The van der Waals surface area contributed by atoms with Gasteiger partial charge in [0.2, 0.25) is 5.91 Å². The molecule has 10 nitrogen and oxygen atoms in total. The molecule has 0 aliphatic carbocycles. The molecule has 2 rings (SSSR count). The molecule has 1 aliphatic rings. The number of nitrogens with zero attached hydrogens (tertiary/aromatic N) is 1. The molecule has 0 saturated carbocycles. The van der Waals surface area contributed by atoms with E-state index in [1.54, 1.807) is 0 Å². The zero-order valence-corrected chi connectivity index (χ0v) is 12.5. The van der Waals surface area contributed by atoms with Gasteiger partial charge in [-0.05, 0) is 18.6 Å². The summed E-state index contributed by atoms with van der Waals surface area (Å²) in [6.07, 6.45) is 0.324. The van der Waals surface area contributed by atoms with Crippen LogP contribution in [0.25, 0.3) is 0 Å². The molecule has 10 heteroatoms. The molecule has 0 aromatic heterocycles. The number of nitrogens with one attached hydrogen (secondary N) is 3. The van der Waals surface area contributed by atoms with E-state index in [0.29, 0.717) is 13.0 Å². The van der Waals surface area contributed by atoms with Gasteiger partial charge in [-0.3, -0.25) is 24.5 Å². The molecule has 1 aromatic rings. The van der Waals surface area contributed by atoms with E-state index in [1.165, 1.54) is 24.3 Å². The highest BCUT2D eigenvalue weighted by Crippen LogP contribution is 2.13. The molecule has 2 atom stereocenters. The monoisotopic (exact) mass is 336 g/mol. The van der Waals surface area contributed by atoms with Crippen LogP contribution in [0.1, 0.15) is 16.8 Å². The molecule has 128 valence electrons. The number of carboxylic acids is 1. The van der Waals surface area contributed by atoms with E-state index in [-0.39, 0.29) is 17.3 Å². The fourth-order valence-electron chi connectivity index (χ4n) is 2.33. The maximum Gasteiger partial charge on any atom is 0.322 e. The molecule has 1 heterocycles. The highest BCUT2D eigenvalue weighted by atomic mass is 16.6. The summed E-state index contributed by atoms with van der Waals surface area (Å²) in [7, 11) is 0. The Morgan fingerprint density at radius 2 is 1.96 bits per heavy atom. The normalized spacial score (nSPS) is 19.5. The second-order valence-corrected chi connectivity index (χ2v) is 5.28. The van der Waals surface area contributed by atoms with Gasteiger partial charge in [0, 0.05) is 30.3 Å². The van der Waals surface area contributed by atoms with Gasteiger partial charge in [0.1, 0.15) is 6.54 Å². The lowest BCUT2D eigenvalue weighted by Gasteiger charge is -2.12. The van der Waals surface area contributed by atoms with Crippen molar-refractivity contribution < 1.29 is 24.4 Å². The van der Waals surface area contributed by atoms with E-state index < -0.39 is 35.3 Å². The number of aliphatic carboxylic acids is 1. The van der Waals surface area contributed by atoms with E-state index in [0.717, 1.165) is 0 Å². The van der Waals surface area contributed by atoms with Crippen molar-refractivity contribution in [1.29, 1.82) is 0 Å². The number of carboxylic acid groups (broad SMARTS) is 1. The third-order valence-corrected chi connectivity index (χ3v) is 3.54. The number of rotatable bonds is 6. The van der Waals surface area contributed by atoms with Crippen molar-refractivity contribution in [2.45, 2.75) is 18.5 Å². The molecule has 1 saturated heterocycles. The van der Waals surface area contributed by atoms with E-state index in [2.05, 4.69) is 16.0 Å². The van der Waals surface area contributed by atoms with Gasteiger partial charge in [-0.15, -0.1) is 0 Å². The third kappa shape index (κ3) is 4.49. The van der Waals surface area contributed by atoms with Gasteiger partial charge in [0.05, 0.1) is 11.0 Å². The fourth-order valence-corrected chi connectivity index (χ4v) is 2.33. The summed E-state index contributed by atoms with van der Waals surface area (Å²) in [6, 6.07) is 4.31. The van der Waals surface area contributed by atoms with E-state index >= 15 is 0 Å². The van der Waals surface area contributed by atoms with Crippen molar-refractivity contribution in [2.75, 3.05) is 13.1 Å². The Kier molecular flexibility index (Phi) is 5.42. The molecule has 2 amide bonds. The van der Waals surface area contributed by atoms with Crippen LogP contribution in [0.2, 0.25) is 0 Å². The highest BCUT2D eigenvalue weighted by Gasteiger charge is 2.30. The van der Waals surface area contributed by atoms with E-state index in [1.807, 2.05) is 0 Å². The first kappa shape index (κ1) is 17.3. The second-order valence-electron chi connectivity index (χ2n) is 5.28. The summed E-state index contributed by atoms with van der Waals surface area (Å²) in [5, 5.41) is 27.0. The molecule has 24 heavy (non-hydrogen) atoms. The predicted octanol–water partition coefficient (Wildman–Crippen LogP) is -0.744. The topological polar surface area (TPSA) is 151 Å².